The maximum Gasteiger partial charge on any atom is 0.315 e. The van der Waals surface area contributed by atoms with Gasteiger partial charge in [-0.05, 0) is 13.8 Å². The van der Waals surface area contributed by atoms with Crippen molar-refractivity contribution in [3.8, 4) is 0 Å². The van der Waals surface area contributed by atoms with E-state index in [1.54, 1.807) is 13.8 Å². The minimum Gasteiger partial charge on any atom is -0.394 e. The summed E-state index contributed by atoms with van der Waals surface area (Å²) in [5.74, 6) is -0.705. The Morgan fingerprint density at radius 2 is 2.19 bits per heavy atom. The van der Waals surface area contributed by atoms with Crippen molar-refractivity contribution in [1.29, 1.82) is 0 Å². The summed E-state index contributed by atoms with van der Waals surface area (Å²) in [6, 6.07) is 0. The third-order valence-electron chi connectivity index (χ3n) is 1.86. The molecule has 0 aromatic rings. The molecule has 0 saturated heterocycles. The number of nitrogens with one attached hydrogen (secondary N) is 2. The molecule has 0 aromatic carbocycles. The van der Waals surface area contributed by atoms with Crippen LogP contribution in [0, 0.1) is 0 Å². The predicted molar refractivity (Wildman–Crippen MR) is 62.2 cm³/mol. The van der Waals surface area contributed by atoms with E-state index in [0.717, 1.165) is 5.75 Å². The maximum absolute atomic E-state index is 11.4. The number of amidine groups is 1. The fraction of sp³-hybridized carbons (Fsp3) is 0.667. The number of aliphatic imine (C=N–C) groups is 1. The molecule has 1 aliphatic heterocycles. The highest BCUT2D eigenvalue weighted by atomic mass is 32.2. The lowest BCUT2D eigenvalue weighted by atomic mass is 10.1. The maximum atomic E-state index is 11.4. The lowest BCUT2D eigenvalue weighted by Crippen LogP contribution is -2.52. The first-order valence-corrected chi connectivity index (χ1v) is 5.85. The van der Waals surface area contributed by atoms with E-state index in [2.05, 4.69) is 15.6 Å². The molecule has 1 aliphatic rings. The molecule has 7 heteroatoms. The van der Waals surface area contributed by atoms with Gasteiger partial charge >= 0.3 is 11.8 Å². The fourth-order valence-corrected chi connectivity index (χ4v) is 1.69. The zero-order chi connectivity index (χ0) is 12.2. The molecule has 16 heavy (non-hydrogen) atoms. The Morgan fingerprint density at radius 1 is 1.50 bits per heavy atom. The average Bonchev–Trinajstić information content (AvgIpc) is 2.69. The predicted octanol–water partition coefficient (Wildman–Crippen LogP) is -0.907. The SMILES string of the molecule is CC(C)(CO)NC(=O)C(=O)NC1=NCCS1. The second kappa shape index (κ2) is 5.31. The van der Waals surface area contributed by atoms with E-state index in [9.17, 15) is 9.59 Å². The molecule has 1 heterocycles. The van der Waals surface area contributed by atoms with Gasteiger partial charge in [0.25, 0.3) is 0 Å². The lowest BCUT2D eigenvalue weighted by Gasteiger charge is -2.22. The first-order valence-electron chi connectivity index (χ1n) is 4.86. The van der Waals surface area contributed by atoms with Crippen LogP contribution in [0.25, 0.3) is 0 Å². The van der Waals surface area contributed by atoms with Gasteiger partial charge in [0.2, 0.25) is 0 Å². The third kappa shape index (κ3) is 3.82. The van der Waals surface area contributed by atoms with Crippen molar-refractivity contribution in [3.05, 3.63) is 0 Å². The molecular weight excluding hydrogens is 230 g/mol. The molecule has 0 bridgehead atoms. The highest BCUT2D eigenvalue weighted by molar-refractivity contribution is 8.14. The largest absolute Gasteiger partial charge is 0.394 e. The van der Waals surface area contributed by atoms with Crippen LogP contribution >= 0.6 is 11.8 Å². The third-order valence-corrected chi connectivity index (χ3v) is 2.75. The summed E-state index contributed by atoms with van der Waals surface area (Å²) in [6.07, 6.45) is 0. The Bertz CT molecular complexity index is 328. The topological polar surface area (TPSA) is 90.8 Å². The number of hydrogen-bond donors (Lipinski definition) is 3. The summed E-state index contributed by atoms with van der Waals surface area (Å²) in [5.41, 5.74) is -0.806. The van der Waals surface area contributed by atoms with Gasteiger partial charge in [0, 0.05) is 5.75 Å². The number of thioether (sulfide) groups is 1. The van der Waals surface area contributed by atoms with Gasteiger partial charge in [-0.15, -0.1) is 0 Å². The molecule has 0 saturated carbocycles. The number of hydrogen-bond acceptors (Lipinski definition) is 5. The van der Waals surface area contributed by atoms with E-state index in [4.69, 9.17) is 5.11 Å². The van der Waals surface area contributed by atoms with Gasteiger partial charge in [-0.3, -0.25) is 19.9 Å². The van der Waals surface area contributed by atoms with Crippen LogP contribution < -0.4 is 10.6 Å². The van der Waals surface area contributed by atoms with Crippen molar-refractivity contribution >= 4 is 28.7 Å². The molecule has 0 aliphatic carbocycles. The number of nitrogens with zero attached hydrogens (tertiary/aromatic N) is 1. The van der Waals surface area contributed by atoms with Crippen LogP contribution in [0.1, 0.15) is 13.8 Å². The van der Waals surface area contributed by atoms with Crippen molar-refractivity contribution in [2.24, 2.45) is 4.99 Å². The van der Waals surface area contributed by atoms with E-state index in [-0.39, 0.29) is 6.61 Å². The first kappa shape index (κ1) is 13.0. The van der Waals surface area contributed by atoms with Gasteiger partial charge in [-0.1, -0.05) is 11.8 Å². The monoisotopic (exact) mass is 245 g/mol. The van der Waals surface area contributed by atoms with Gasteiger partial charge in [0.05, 0.1) is 18.7 Å². The summed E-state index contributed by atoms with van der Waals surface area (Å²) in [7, 11) is 0. The van der Waals surface area contributed by atoms with Crippen molar-refractivity contribution in [3.63, 3.8) is 0 Å². The van der Waals surface area contributed by atoms with E-state index in [1.807, 2.05) is 0 Å². The standard InChI is InChI=1S/C9H15N3O3S/c1-9(2,5-13)12-7(15)6(14)11-8-10-3-4-16-8/h13H,3-5H2,1-2H3,(H,12,15)(H,10,11,14). The van der Waals surface area contributed by atoms with Gasteiger partial charge < -0.3 is 10.4 Å². The number of carbonyl (C=O) groups is 2. The number of rotatable bonds is 2. The quantitative estimate of drug-likeness (QED) is 0.549. The molecule has 2 amide bonds. The van der Waals surface area contributed by atoms with Gasteiger partial charge in [-0.25, -0.2) is 0 Å². The number of aliphatic hydroxyl groups excluding tert-OH is 1. The van der Waals surface area contributed by atoms with Crippen molar-refractivity contribution < 1.29 is 14.7 Å². The summed E-state index contributed by atoms with van der Waals surface area (Å²) in [4.78, 5) is 26.8. The van der Waals surface area contributed by atoms with Crippen LogP contribution in [0.3, 0.4) is 0 Å². The summed E-state index contributed by atoms with van der Waals surface area (Å²) in [5, 5.41) is 14.2. The Hall–Kier alpha value is -1.08. The number of carbonyl (C=O) groups excluding carboxylic acids is 2. The Morgan fingerprint density at radius 3 is 2.69 bits per heavy atom. The number of aliphatic hydroxyl groups is 1. The molecule has 0 radical (unpaired) electrons. The minimum absolute atomic E-state index is 0.234. The molecule has 0 spiro atoms. The zero-order valence-corrected chi connectivity index (χ0v) is 10.1. The molecule has 3 N–H and O–H groups in total. The van der Waals surface area contributed by atoms with Gasteiger partial charge in [-0.2, -0.15) is 0 Å². The fourth-order valence-electron chi connectivity index (χ4n) is 0.968. The highest BCUT2D eigenvalue weighted by Gasteiger charge is 2.24. The Balaban J connectivity index is 2.45. The molecule has 0 fully saturated rings. The van der Waals surface area contributed by atoms with E-state index >= 15 is 0 Å². The van der Waals surface area contributed by atoms with Crippen molar-refractivity contribution in [2.45, 2.75) is 19.4 Å². The van der Waals surface area contributed by atoms with Crippen LogP contribution in [0.4, 0.5) is 0 Å². The summed E-state index contributed by atoms with van der Waals surface area (Å²) < 4.78 is 0. The van der Waals surface area contributed by atoms with Crippen LogP contribution in [-0.2, 0) is 9.59 Å². The van der Waals surface area contributed by atoms with E-state index in [0.29, 0.717) is 11.7 Å². The molecule has 0 aromatic heterocycles. The smallest absolute Gasteiger partial charge is 0.315 e. The highest BCUT2D eigenvalue weighted by Crippen LogP contribution is 2.08. The van der Waals surface area contributed by atoms with Gasteiger partial charge in [0.1, 0.15) is 0 Å². The molecular formula is C9H15N3O3S. The van der Waals surface area contributed by atoms with E-state index < -0.39 is 17.4 Å². The zero-order valence-electron chi connectivity index (χ0n) is 9.24. The first-order chi connectivity index (χ1) is 7.44. The Kier molecular flexibility index (Phi) is 4.31. The molecule has 90 valence electrons. The van der Waals surface area contributed by atoms with Crippen LogP contribution in [0.2, 0.25) is 0 Å². The number of amides is 2. The second-order valence-electron chi connectivity index (χ2n) is 3.99. The molecule has 1 rings (SSSR count). The van der Waals surface area contributed by atoms with Crippen LogP contribution in [0.15, 0.2) is 4.99 Å². The van der Waals surface area contributed by atoms with Crippen LogP contribution in [0.5, 0.6) is 0 Å². The minimum atomic E-state index is -0.806. The average molecular weight is 245 g/mol. The van der Waals surface area contributed by atoms with E-state index in [1.165, 1.54) is 11.8 Å². The molecule has 0 atom stereocenters. The lowest BCUT2D eigenvalue weighted by molar-refractivity contribution is -0.139. The van der Waals surface area contributed by atoms with Gasteiger partial charge in [0.15, 0.2) is 5.17 Å². The molecule has 6 nitrogen and oxygen atoms in total. The molecule has 0 unspecified atom stereocenters. The Labute approximate surface area is 97.9 Å². The summed E-state index contributed by atoms with van der Waals surface area (Å²) >= 11 is 1.40. The normalized spacial score (nSPS) is 15.6. The summed E-state index contributed by atoms with van der Waals surface area (Å²) in [6.45, 7) is 3.67. The van der Waals surface area contributed by atoms with Crippen LogP contribution in [-0.4, -0.2) is 46.5 Å². The van der Waals surface area contributed by atoms with Crippen molar-refractivity contribution in [2.75, 3.05) is 18.9 Å². The van der Waals surface area contributed by atoms with Crippen molar-refractivity contribution in [1.82, 2.24) is 10.6 Å². The second-order valence-corrected chi connectivity index (χ2v) is 5.07.